The minimum atomic E-state index is 0.266. The molecular weight excluding hydrogens is 296 g/mol. The number of rotatable bonds is 2. The van der Waals surface area contributed by atoms with Gasteiger partial charge in [0.15, 0.2) is 5.17 Å². The molecule has 1 saturated heterocycles. The third kappa shape index (κ3) is 3.31. The normalized spacial score (nSPS) is 32.6. The molecule has 116 valence electrons. The molecule has 1 unspecified atom stereocenters. The molecule has 1 aromatic heterocycles. The Kier molecular flexibility index (Phi) is 4.37. The van der Waals surface area contributed by atoms with E-state index in [-0.39, 0.29) is 6.04 Å². The van der Waals surface area contributed by atoms with Crippen LogP contribution in [0.4, 0.5) is 0 Å². The van der Waals surface area contributed by atoms with E-state index in [0.29, 0.717) is 5.54 Å². The Morgan fingerprint density at radius 2 is 2.05 bits per heavy atom. The van der Waals surface area contributed by atoms with Gasteiger partial charge in [-0.1, -0.05) is 18.7 Å². The average molecular weight is 323 g/mol. The van der Waals surface area contributed by atoms with Crippen LogP contribution in [0.2, 0.25) is 0 Å². The largest absolute Gasteiger partial charge is 0.359 e. The van der Waals surface area contributed by atoms with Crippen LogP contribution in [-0.2, 0) is 0 Å². The second kappa shape index (κ2) is 5.96. The van der Waals surface area contributed by atoms with E-state index in [2.05, 4.69) is 39.1 Å². The van der Waals surface area contributed by atoms with Gasteiger partial charge in [-0.25, -0.2) is 0 Å². The van der Waals surface area contributed by atoms with Crippen LogP contribution >= 0.6 is 23.1 Å². The molecule has 1 aliphatic heterocycles. The van der Waals surface area contributed by atoms with Gasteiger partial charge in [0.1, 0.15) is 0 Å². The van der Waals surface area contributed by atoms with Crippen molar-refractivity contribution in [2.75, 3.05) is 5.75 Å². The topological polar surface area (TPSA) is 24.4 Å². The van der Waals surface area contributed by atoms with E-state index in [1.54, 1.807) is 0 Å². The Labute approximate surface area is 136 Å². The number of aliphatic imine (C=N–C) groups is 1. The molecule has 1 atom stereocenters. The van der Waals surface area contributed by atoms with Crippen molar-refractivity contribution in [2.45, 2.75) is 65.0 Å². The van der Waals surface area contributed by atoms with Gasteiger partial charge >= 0.3 is 0 Å². The zero-order valence-corrected chi connectivity index (χ0v) is 15.2. The molecule has 4 heteroatoms. The molecule has 1 aromatic rings. The van der Waals surface area contributed by atoms with Gasteiger partial charge in [-0.3, -0.25) is 4.99 Å². The fourth-order valence-electron chi connectivity index (χ4n) is 3.47. The summed E-state index contributed by atoms with van der Waals surface area (Å²) in [6.45, 7) is 9.00. The van der Waals surface area contributed by atoms with Crippen LogP contribution in [0.5, 0.6) is 0 Å². The standard InChI is InChI=1S/C17H26N2S2/c1-11-5-7-17(8-6-11)10-20-16(19-17)18-13(3)15-9-12(2)21-14(15)4/h9,11,13H,5-8,10H2,1-4H3,(H,18,19). The van der Waals surface area contributed by atoms with Gasteiger partial charge in [0.25, 0.3) is 0 Å². The summed E-state index contributed by atoms with van der Waals surface area (Å²) in [7, 11) is 0. The first-order valence-electron chi connectivity index (χ1n) is 8.03. The Balaban J connectivity index is 1.69. The number of amidine groups is 1. The Morgan fingerprint density at radius 3 is 2.67 bits per heavy atom. The molecule has 3 rings (SSSR count). The van der Waals surface area contributed by atoms with E-state index in [0.717, 1.165) is 5.92 Å². The molecule has 2 aliphatic rings. The molecule has 0 radical (unpaired) electrons. The second-order valence-electron chi connectivity index (χ2n) is 6.86. The predicted octanol–water partition coefficient (Wildman–Crippen LogP) is 5.07. The van der Waals surface area contributed by atoms with Gasteiger partial charge in [-0.05, 0) is 64.0 Å². The smallest absolute Gasteiger partial charge is 0.157 e. The van der Waals surface area contributed by atoms with Crippen LogP contribution in [-0.4, -0.2) is 16.5 Å². The van der Waals surface area contributed by atoms with Crippen LogP contribution < -0.4 is 5.32 Å². The van der Waals surface area contributed by atoms with E-state index in [1.807, 2.05) is 23.1 Å². The average Bonchev–Trinajstić information content (AvgIpc) is 2.98. The van der Waals surface area contributed by atoms with Crippen molar-refractivity contribution in [3.8, 4) is 0 Å². The fourth-order valence-corrected chi connectivity index (χ4v) is 5.78. The lowest BCUT2D eigenvalue weighted by molar-refractivity contribution is 0.250. The highest BCUT2D eigenvalue weighted by molar-refractivity contribution is 8.14. The van der Waals surface area contributed by atoms with Crippen LogP contribution in [0.25, 0.3) is 0 Å². The van der Waals surface area contributed by atoms with Crippen LogP contribution in [0.3, 0.4) is 0 Å². The van der Waals surface area contributed by atoms with E-state index in [9.17, 15) is 0 Å². The highest BCUT2D eigenvalue weighted by Crippen LogP contribution is 2.39. The molecule has 1 aliphatic carbocycles. The molecule has 2 heterocycles. The molecule has 0 aromatic carbocycles. The number of nitrogens with one attached hydrogen (secondary N) is 1. The minimum Gasteiger partial charge on any atom is -0.359 e. The predicted molar refractivity (Wildman–Crippen MR) is 95.6 cm³/mol. The molecule has 1 N–H and O–H groups in total. The zero-order valence-electron chi connectivity index (χ0n) is 13.5. The van der Waals surface area contributed by atoms with Crippen molar-refractivity contribution >= 4 is 28.3 Å². The summed E-state index contributed by atoms with van der Waals surface area (Å²) in [6, 6.07) is 2.56. The lowest BCUT2D eigenvalue weighted by atomic mass is 9.78. The highest BCUT2D eigenvalue weighted by atomic mass is 32.2. The Hall–Kier alpha value is -0.480. The van der Waals surface area contributed by atoms with Crippen molar-refractivity contribution in [1.82, 2.24) is 5.32 Å². The summed E-state index contributed by atoms with van der Waals surface area (Å²) in [5, 5.41) is 4.94. The number of thiophene rings is 1. The Bertz CT molecular complexity index is 539. The van der Waals surface area contributed by atoms with Gasteiger partial charge in [-0.2, -0.15) is 0 Å². The van der Waals surface area contributed by atoms with Crippen molar-refractivity contribution in [3.05, 3.63) is 21.4 Å². The molecule has 2 nitrogen and oxygen atoms in total. The third-order valence-corrected chi connectivity index (χ3v) is 7.09. The summed E-state index contributed by atoms with van der Waals surface area (Å²) in [6.07, 6.45) is 5.34. The van der Waals surface area contributed by atoms with Gasteiger partial charge in [0.2, 0.25) is 0 Å². The highest BCUT2D eigenvalue weighted by Gasteiger charge is 2.39. The number of thioether (sulfide) groups is 1. The van der Waals surface area contributed by atoms with Crippen molar-refractivity contribution in [2.24, 2.45) is 10.9 Å². The molecule has 0 amide bonds. The summed E-state index contributed by atoms with van der Waals surface area (Å²) >= 11 is 3.81. The number of aryl methyl sites for hydroxylation is 2. The number of hydrogen-bond donors (Lipinski definition) is 1. The van der Waals surface area contributed by atoms with Gasteiger partial charge in [0, 0.05) is 21.0 Å². The summed E-state index contributed by atoms with van der Waals surface area (Å²) in [5.41, 5.74) is 1.74. The van der Waals surface area contributed by atoms with E-state index in [1.165, 1.54) is 51.9 Å². The van der Waals surface area contributed by atoms with Crippen LogP contribution in [0.1, 0.15) is 60.9 Å². The quantitative estimate of drug-likeness (QED) is 0.822. The SMILES string of the molecule is Cc1cc(C(C)N=C2NC3(CCC(C)CC3)CS2)c(C)s1. The van der Waals surface area contributed by atoms with Gasteiger partial charge < -0.3 is 5.32 Å². The number of hydrogen-bond acceptors (Lipinski definition) is 3. The molecule has 1 saturated carbocycles. The number of nitrogens with zero attached hydrogens (tertiary/aromatic N) is 1. The second-order valence-corrected chi connectivity index (χ2v) is 9.28. The maximum Gasteiger partial charge on any atom is 0.157 e. The fraction of sp³-hybridized carbons (Fsp3) is 0.706. The first-order chi connectivity index (χ1) is 9.97. The monoisotopic (exact) mass is 322 g/mol. The van der Waals surface area contributed by atoms with Crippen molar-refractivity contribution < 1.29 is 0 Å². The zero-order chi connectivity index (χ0) is 15.0. The summed E-state index contributed by atoms with van der Waals surface area (Å²) in [5.74, 6) is 2.10. The van der Waals surface area contributed by atoms with Crippen molar-refractivity contribution in [1.29, 1.82) is 0 Å². The summed E-state index contributed by atoms with van der Waals surface area (Å²) in [4.78, 5) is 7.76. The first kappa shape index (κ1) is 15.4. The molecule has 1 spiro atoms. The lowest BCUT2D eigenvalue weighted by Gasteiger charge is -2.35. The van der Waals surface area contributed by atoms with Crippen molar-refractivity contribution in [3.63, 3.8) is 0 Å². The van der Waals surface area contributed by atoms with E-state index in [4.69, 9.17) is 4.99 Å². The Morgan fingerprint density at radius 1 is 1.33 bits per heavy atom. The molecular formula is C17H26N2S2. The van der Waals surface area contributed by atoms with Gasteiger partial charge in [-0.15, -0.1) is 11.3 Å². The molecule has 0 bridgehead atoms. The van der Waals surface area contributed by atoms with E-state index >= 15 is 0 Å². The molecule has 21 heavy (non-hydrogen) atoms. The van der Waals surface area contributed by atoms with Gasteiger partial charge in [0.05, 0.1) is 6.04 Å². The first-order valence-corrected chi connectivity index (χ1v) is 9.83. The lowest BCUT2D eigenvalue weighted by Crippen LogP contribution is -2.46. The van der Waals surface area contributed by atoms with Crippen LogP contribution in [0, 0.1) is 19.8 Å². The maximum absolute atomic E-state index is 4.96. The summed E-state index contributed by atoms with van der Waals surface area (Å²) < 4.78 is 0. The third-order valence-electron chi connectivity index (χ3n) is 4.93. The van der Waals surface area contributed by atoms with E-state index < -0.39 is 0 Å². The molecule has 2 fully saturated rings. The maximum atomic E-state index is 4.96. The minimum absolute atomic E-state index is 0.266. The van der Waals surface area contributed by atoms with Crippen LogP contribution in [0.15, 0.2) is 11.1 Å².